The van der Waals surface area contributed by atoms with Crippen LogP contribution >= 0.6 is 27.3 Å². The average molecular weight is 329 g/mol. The topological polar surface area (TPSA) is 42.0 Å². The number of carbonyl (C=O) groups excluding carboxylic acids is 1. The highest BCUT2D eigenvalue weighted by Gasteiger charge is 2.14. The van der Waals surface area contributed by atoms with E-state index in [2.05, 4.69) is 26.2 Å². The minimum atomic E-state index is -0.389. The molecule has 3 nitrogen and oxygen atoms in total. The van der Waals surface area contributed by atoms with Gasteiger partial charge in [-0.1, -0.05) is 0 Å². The van der Waals surface area contributed by atoms with Crippen molar-refractivity contribution in [3.05, 3.63) is 50.6 Å². The van der Waals surface area contributed by atoms with E-state index in [0.29, 0.717) is 5.56 Å². The van der Waals surface area contributed by atoms with E-state index in [-0.39, 0.29) is 22.2 Å². The van der Waals surface area contributed by atoms with Crippen molar-refractivity contribution < 1.29 is 9.18 Å². The zero-order valence-electron chi connectivity index (χ0n) is 9.48. The molecule has 1 N–H and O–H groups in total. The summed E-state index contributed by atoms with van der Waals surface area (Å²) in [5.74, 6) is -0.641. The van der Waals surface area contributed by atoms with Gasteiger partial charge in [0.05, 0.1) is 10.5 Å². The molecule has 1 unspecified atom stereocenters. The fourth-order valence-electron chi connectivity index (χ4n) is 1.43. The van der Waals surface area contributed by atoms with Crippen molar-refractivity contribution in [1.29, 1.82) is 0 Å². The minimum Gasteiger partial charge on any atom is -0.343 e. The lowest BCUT2D eigenvalue weighted by Gasteiger charge is -2.11. The van der Waals surface area contributed by atoms with Crippen molar-refractivity contribution in [2.75, 3.05) is 0 Å². The maximum absolute atomic E-state index is 13.1. The molecule has 0 bridgehead atoms. The Kier molecular flexibility index (Phi) is 4.08. The number of benzene rings is 1. The van der Waals surface area contributed by atoms with E-state index in [0.717, 1.165) is 5.01 Å². The van der Waals surface area contributed by atoms with Crippen molar-refractivity contribution in [1.82, 2.24) is 10.3 Å². The number of rotatable bonds is 3. The van der Waals surface area contributed by atoms with Gasteiger partial charge in [-0.05, 0) is 41.1 Å². The van der Waals surface area contributed by atoms with Gasteiger partial charge >= 0.3 is 0 Å². The summed E-state index contributed by atoms with van der Waals surface area (Å²) < 4.78 is 13.3. The molecule has 1 aromatic carbocycles. The minimum absolute atomic E-state index is 0.165. The van der Waals surface area contributed by atoms with E-state index in [1.165, 1.54) is 29.5 Å². The van der Waals surface area contributed by atoms with Crippen molar-refractivity contribution in [3.63, 3.8) is 0 Å². The van der Waals surface area contributed by atoms with Crippen LogP contribution in [0.3, 0.4) is 0 Å². The van der Waals surface area contributed by atoms with E-state index in [1.54, 1.807) is 6.20 Å². The number of carbonyl (C=O) groups is 1. The van der Waals surface area contributed by atoms with E-state index in [9.17, 15) is 9.18 Å². The highest BCUT2D eigenvalue weighted by molar-refractivity contribution is 9.10. The molecule has 0 aliphatic rings. The number of halogens is 2. The van der Waals surface area contributed by atoms with Crippen LogP contribution in [-0.4, -0.2) is 10.9 Å². The second kappa shape index (κ2) is 5.58. The molecule has 0 aliphatic carbocycles. The van der Waals surface area contributed by atoms with Gasteiger partial charge in [0.15, 0.2) is 0 Å². The maximum Gasteiger partial charge on any atom is 0.251 e. The van der Waals surface area contributed by atoms with Gasteiger partial charge in [-0.2, -0.15) is 0 Å². The highest BCUT2D eigenvalue weighted by Crippen LogP contribution is 2.19. The van der Waals surface area contributed by atoms with Crippen LogP contribution in [0.1, 0.15) is 28.3 Å². The molecule has 0 spiro atoms. The number of thiazole rings is 1. The van der Waals surface area contributed by atoms with Crippen LogP contribution in [-0.2, 0) is 0 Å². The highest BCUT2D eigenvalue weighted by atomic mass is 79.9. The van der Waals surface area contributed by atoms with E-state index in [4.69, 9.17) is 0 Å². The third kappa shape index (κ3) is 2.94. The Morgan fingerprint density at radius 2 is 2.33 bits per heavy atom. The van der Waals surface area contributed by atoms with Crippen molar-refractivity contribution in [2.45, 2.75) is 13.0 Å². The predicted molar refractivity (Wildman–Crippen MR) is 72.1 cm³/mol. The Hall–Kier alpha value is -1.27. The molecule has 0 aliphatic heterocycles. The molecular formula is C12H10BrFN2OS. The van der Waals surface area contributed by atoms with Gasteiger partial charge in [-0.15, -0.1) is 11.3 Å². The van der Waals surface area contributed by atoms with Gasteiger partial charge in [0, 0.05) is 17.1 Å². The molecular weight excluding hydrogens is 319 g/mol. The molecule has 2 aromatic rings. The molecule has 1 atom stereocenters. The molecule has 1 heterocycles. The Labute approximate surface area is 116 Å². The largest absolute Gasteiger partial charge is 0.343 e. The SMILES string of the molecule is CC(NC(=O)c1ccc(F)c(Br)c1)c1nccs1. The monoisotopic (exact) mass is 328 g/mol. The summed E-state index contributed by atoms with van der Waals surface area (Å²) in [5.41, 5.74) is 0.409. The van der Waals surface area contributed by atoms with Gasteiger partial charge in [0.2, 0.25) is 0 Å². The molecule has 0 radical (unpaired) electrons. The van der Waals surface area contributed by atoms with Gasteiger partial charge in [0.25, 0.3) is 5.91 Å². The second-order valence-corrected chi connectivity index (χ2v) is 5.47. The third-order valence-corrected chi connectivity index (χ3v) is 3.92. The predicted octanol–water partition coefficient (Wildman–Crippen LogP) is 3.54. The fourth-order valence-corrected chi connectivity index (χ4v) is 2.45. The van der Waals surface area contributed by atoms with Gasteiger partial charge in [-0.3, -0.25) is 4.79 Å². The normalized spacial score (nSPS) is 12.2. The molecule has 0 saturated carbocycles. The van der Waals surface area contributed by atoms with Crippen LogP contribution in [0.5, 0.6) is 0 Å². The van der Waals surface area contributed by atoms with Gasteiger partial charge in [0.1, 0.15) is 10.8 Å². The fraction of sp³-hybridized carbons (Fsp3) is 0.167. The molecule has 0 fully saturated rings. The van der Waals surface area contributed by atoms with Gasteiger partial charge < -0.3 is 5.32 Å². The number of nitrogens with zero attached hydrogens (tertiary/aromatic N) is 1. The lowest BCUT2D eigenvalue weighted by molar-refractivity contribution is 0.0939. The number of aromatic nitrogens is 1. The summed E-state index contributed by atoms with van der Waals surface area (Å²) in [7, 11) is 0. The molecule has 94 valence electrons. The molecule has 6 heteroatoms. The average Bonchev–Trinajstić information content (AvgIpc) is 2.86. The summed E-state index contributed by atoms with van der Waals surface area (Å²) in [4.78, 5) is 16.1. The van der Waals surface area contributed by atoms with E-state index < -0.39 is 0 Å². The standard InChI is InChI=1S/C12H10BrFN2OS/c1-7(12-15-4-5-18-12)16-11(17)8-2-3-10(14)9(13)6-8/h2-7H,1H3,(H,16,17). The molecule has 1 amide bonds. The van der Waals surface area contributed by atoms with Crippen molar-refractivity contribution in [2.24, 2.45) is 0 Å². The van der Waals surface area contributed by atoms with Crippen LogP contribution < -0.4 is 5.32 Å². The van der Waals surface area contributed by atoms with Crippen LogP contribution in [0, 0.1) is 5.82 Å². The van der Waals surface area contributed by atoms with E-state index in [1.807, 2.05) is 12.3 Å². The summed E-state index contributed by atoms with van der Waals surface area (Å²) >= 11 is 4.53. The number of hydrogen-bond donors (Lipinski definition) is 1. The first-order valence-electron chi connectivity index (χ1n) is 5.23. The maximum atomic E-state index is 13.1. The summed E-state index contributed by atoms with van der Waals surface area (Å²) in [5, 5.41) is 5.50. The Morgan fingerprint density at radius 1 is 1.56 bits per heavy atom. The molecule has 18 heavy (non-hydrogen) atoms. The number of amides is 1. The van der Waals surface area contributed by atoms with Crippen LogP contribution in [0.4, 0.5) is 4.39 Å². The van der Waals surface area contributed by atoms with Crippen LogP contribution in [0.2, 0.25) is 0 Å². The van der Waals surface area contributed by atoms with Crippen molar-refractivity contribution >= 4 is 33.2 Å². The van der Waals surface area contributed by atoms with Gasteiger partial charge in [-0.25, -0.2) is 9.37 Å². The molecule has 0 saturated heterocycles. The molecule has 1 aromatic heterocycles. The Bertz CT molecular complexity index is 559. The lowest BCUT2D eigenvalue weighted by Crippen LogP contribution is -2.26. The third-order valence-electron chi connectivity index (χ3n) is 2.35. The molecule has 2 rings (SSSR count). The zero-order valence-corrected chi connectivity index (χ0v) is 11.9. The first kappa shape index (κ1) is 13.2. The second-order valence-electron chi connectivity index (χ2n) is 3.69. The first-order chi connectivity index (χ1) is 8.58. The summed E-state index contributed by atoms with van der Waals surface area (Å²) in [6.45, 7) is 1.86. The number of nitrogens with one attached hydrogen (secondary N) is 1. The Balaban J connectivity index is 2.10. The summed E-state index contributed by atoms with van der Waals surface area (Å²) in [6, 6.07) is 4.00. The number of hydrogen-bond acceptors (Lipinski definition) is 3. The zero-order chi connectivity index (χ0) is 13.1. The first-order valence-corrected chi connectivity index (χ1v) is 6.90. The van der Waals surface area contributed by atoms with E-state index >= 15 is 0 Å². The van der Waals surface area contributed by atoms with Crippen molar-refractivity contribution in [3.8, 4) is 0 Å². The smallest absolute Gasteiger partial charge is 0.251 e. The lowest BCUT2D eigenvalue weighted by atomic mass is 10.2. The van der Waals surface area contributed by atoms with Crippen LogP contribution in [0.15, 0.2) is 34.2 Å². The summed E-state index contributed by atoms with van der Waals surface area (Å²) in [6.07, 6.45) is 1.69. The quantitative estimate of drug-likeness (QED) is 0.936. The Morgan fingerprint density at radius 3 is 2.94 bits per heavy atom. The van der Waals surface area contributed by atoms with Crippen LogP contribution in [0.25, 0.3) is 0 Å².